The van der Waals surface area contributed by atoms with Gasteiger partial charge in [-0.15, -0.1) is 0 Å². The van der Waals surface area contributed by atoms with Crippen molar-refractivity contribution in [1.29, 1.82) is 0 Å². The van der Waals surface area contributed by atoms with Gasteiger partial charge in [0.25, 0.3) is 0 Å². The molecule has 1 aliphatic carbocycles. The molecule has 0 spiro atoms. The lowest BCUT2D eigenvalue weighted by molar-refractivity contribution is 0.914. The Bertz CT molecular complexity index is 1170. The largest absolute Gasteiger partial charge is 0.289 e. The van der Waals surface area contributed by atoms with Crippen LogP contribution in [0.25, 0.3) is 22.0 Å². The molecule has 0 aromatic heterocycles. The van der Waals surface area contributed by atoms with Crippen LogP contribution in [0.3, 0.4) is 0 Å². The van der Waals surface area contributed by atoms with Crippen molar-refractivity contribution in [3.8, 4) is 11.3 Å². The summed E-state index contributed by atoms with van der Waals surface area (Å²) in [7, 11) is 0. The Morgan fingerprint density at radius 3 is 2.35 bits per heavy atom. The van der Waals surface area contributed by atoms with Gasteiger partial charge in [-0.3, -0.25) is 4.79 Å². The molecule has 0 fully saturated rings. The summed E-state index contributed by atoms with van der Waals surface area (Å²) in [6.45, 7) is 8.65. The summed E-state index contributed by atoms with van der Waals surface area (Å²) < 4.78 is 0. The number of nitrogens with zero attached hydrogens (tertiary/aromatic N) is 2. The summed E-state index contributed by atoms with van der Waals surface area (Å²) in [5.41, 5.74) is 6.30. The average Bonchev–Trinajstić information content (AvgIpc) is 2.92. The van der Waals surface area contributed by atoms with Gasteiger partial charge in [-0.2, -0.15) is 10.2 Å². The van der Waals surface area contributed by atoms with Crippen molar-refractivity contribution < 1.29 is 0 Å². The van der Waals surface area contributed by atoms with E-state index in [1.807, 2.05) is 36.4 Å². The maximum atomic E-state index is 13.2. The predicted octanol–water partition coefficient (Wildman–Crippen LogP) is 7.06. The molecule has 3 rings (SSSR count). The molecule has 0 radical (unpaired) electrons. The molecule has 3 nitrogen and oxygen atoms in total. The Balaban J connectivity index is 1.72. The van der Waals surface area contributed by atoms with Crippen molar-refractivity contribution in [3.05, 3.63) is 93.3 Å². The molecule has 0 unspecified atom stereocenters. The van der Waals surface area contributed by atoms with Crippen LogP contribution in [0.2, 0.25) is 0 Å². The highest BCUT2D eigenvalue weighted by Gasteiger charge is 2.13. The van der Waals surface area contributed by atoms with Crippen molar-refractivity contribution in [3.63, 3.8) is 0 Å². The van der Waals surface area contributed by atoms with Crippen LogP contribution < -0.4 is 5.43 Å². The van der Waals surface area contributed by atoms with Crippen LogP contribution in [0, 0.1) is 0 Å². The van der Waals surface area contributed by atoms with Gasteiger partial charge in [-0.05, 0) is 71.3 Å². The minimum atomic E-state index is 0.0539. The van der Waals surface area contributed by atoms with E-state index in [1.165, 1.54) is 16.7 Å². The Labute approximate surface area is 185 Å². The lowest BCUT2D eigenvalue weighted by Crippen LogP contribution is -2.12. The van der Waals surface area contributed by atoms with Gasteiger partial charge in [-0.25, -0.2) is 0 Å². The molecule has 0 N–H and O–H groups in total. The van der Waals surface area contributed by atoms with Crippen molar-refractivity contribution in [2.75, 3.05) is 0 Å². The normalized spacial score (nSPS) is 12.4. The van der Waals surface area contributed by atoms with E-state index in [4.69, 9.17) is 0 Å². The number of aromatic nitrogens is 2. The lowest BCUT2D eigenvalue weighted by atomic mass is 9.98. The second-order valence-corrected chi connectivity index (χ2v) is 8.54. The van der Waals surface area contributed by atoms with Crippen LogP contribution in [0.4, 0.5) is 0 Å². The van der Waals surface area contributed by atoms with Crippen LogP contribution >= 0.6 is 0 Å². The maximum absolute atomic E-state index is 13.2. The van der Waals surface area contributed by atoms with Gasteiger partial charge in [0.05, 0.1) is 17.5 Å². The van der Waals surface area contributed by atoms with Crippen LogP contribution in [-0.2, 0) is 6.42 Å². The van der Waals surface area contributed by atoms with Gasteiger partial charge in [0, 0.05) is 10.9 Å². The summed E-state index contributed by atoms with van der Waals surface area (Å²) in [4.78, 5) is 13.2. The molecule has 160 valence electrons. The zero-order chi connectivity index (χ0) is 22.2. The highest BCUT2D eigenvalue weighted by atomic mass is 16.1. The average molecular weight is 413 g/mol. The Morgan fingerprint density at radius 2 is 1.58 bits per heavy atom. The van der Waals surface area contributed by atoms with E-state index >= 15 is 0 Å². The smallest absolute Gasteiger partial charge is 0.192 e. The molecule has 0 saturated carbocycles. The van der Waals surface area contributed by atoms with Gasteiger partial charge >= 0.3 is 0 Å². The summed E-state index contributed by atoms with van der Waals surface area (Å²) in [6.07, 6.45) is 13.5. The van der Waals surface area contributed by atoms with E-state index in [2.05, 4.69) is 56.1 Å². The first-order chi connectivity index (χ1) is 15.0. The molecule has 0 amide bonds. The van der Waals surface area contributed by atoms with Gasteiger partial charge in [0.1, 0.15) is 0 Å². The van der Waals surface area contributed by atoms with Gasteiger partial charge in [-0.1, -0.05) is 65.3 Å². The molecule has 1 aromatic rings. The van der Waals surface area contributed by atoms with Crippen LogP contribution in [0.15, 0.2) is 82.3 Å². The van der Waals surface area contributed by atoms with Crippen LogP contribution in [0.1, 0.15) is 58.9 Å². The van der Waals surface area contributed by atoms with Crippen LogP contribution in [0.5, 0.6) is 0 Å². The first-order valence-electron chi connectivity index (χ1n) is 11.1. The Kier molecular flexibility index (Phi) is 7.88. The number of allylic oxidation sites excluding steroid dienone is 6. The molecular weight excluding hydrogens is 380 g/mol. The molecular formula is C28H32N2O. The summed E-state index contributed by atoms with van der Waals surface area (Å²) in [6, 6.07) is 11.6. The molecule has 1 aliphatic heterocycles. The molecule has 1 heterocycles. The fourth-order valence-corrected chi connectivity index (χ4v) is 3.73. The number of fused-ring (bicyclic) bond motifs is 3. The number of benzene rings is 2. The van der Waals surface area contributed by atoms with Crippen molar-refractivity contribution in [2.45, 2.75) is 59.8 Å². The van der Waals surface area contributed by atoms with Gasteiger partial charge in [0.2, 0.25) is 0 Å². The fourth-order valence-electron chi connectivity index (χ4n) is 3.73. The zero-order valence-electron chi connectivity index (χ0n) is 19.1. The molecule has 1 aromatic carbocycles. The van der Waals surface area contributed by atoms with E-state index in [9.17, 15) is 4.79 Å². The number of hydrogen-bond acceptors (Lipinski definition) is 3. The van der Waals surface area contributed by atoms with Crippen molar-refractivity contribution >= 4 is 10.8 Å². The second-order valence-electron chi connectivity index (χ2n) is 8.54. The molecule has 0 atom stereocenters. The van der Waals surface area contributed by atoms with Gasteiger partial charge < -0.3 is 0 Å². The summed E-state index contributed by atoms with van der Waals surface area (Å²) in [5.74, 6) is 0. The van der Waals surface area contributed by atoms with E-state index in [0.29, 0.717) is 17.7 Å². The third-order valence-corrected chi connectivity index (χ3v) is 5.60. The maximum Gasteiger partial charge on any atom is 0.192 e. The minimum absolute atomic E-state index is 0.0539. The fraction of sp³-hybridized carbons (Fsp3) is 0.321. The molecule has 3 heteroatoms. The number of rotatable bonds is 8. The van der Waals surface area contributed by atoms with E-state index in [-0.39, 0.29) is 5.43 Å². The first kappa shape index (κ1) is 22.6. The first-order valence-corrected chi connectivity index (χ1v) is 11.1. The third kappa shape index (κ3) is 6.21. The summed E-state index contributed by atoms with van der Waals surface area (Å²) >= 11 is 0. The van der Waals surface area contributed by atoms with Crippen LogP contribution in [-0.4, -0.2) is 10.2 Å². The topological polar surface area (TPSA) is 42.9 Å². The molecule has 0 bridgehead atoms. The quantitative estimate of drug-likeness (QED) is 0.372. The molecule has 2 aliphatic rings. The Hall–Kier alpha value is -3.07. The zero-order valence-corrected chi connectivity index (χ0v) is 19.1. The third-order valence-electron chi connectivity index (χ3n) is 5.60. The van der Waals surface area contributed by atoms with E-state index in [0.717, 1.165) is 42.0 Å². The van der Waals surface area contributed by atoms with Gasteiger partial charge in [0.15, 0.2) is 5.43 Å². The highest BCUT2D eigenvalue weighted by molar-refractivity contribution is 5.94. The van der Waals surface area contributed by atoms with Crippen molar-refractivity contribution in [2.24, 2.45) is 0 Å². The minimum Gasteiger partial charge on any atom is -0.289 e. The lowest BCUT2D eigenvalue weighted by Gasteiger charge is -2.05. The summed E-state index contributed by atoms with van der Waals surface area (Å²) in [5, 5.41) is 10.2. The second kappa shape index (κ2) is 10.8. The highest BCUT2D eigenvalue weighted by Crippen LogP contribution is 2.24. The monoisotopic (exact) mass is 412 g/mol. The molecule has 31 heavy (non-hydrogen) atoms. The Morgan fingerprint density at radius 1 is 0.871 bits per heavy atom. The predicted molar refractivity (Wildman–Crippen MR) is 132 cm³/mol. The molecule has 0 saturated heterocycles. The number of hydrogen-bond donors (Lipinski definition) is 0. The van der Waals surface area contributed by atoms with E-state index in [1.54, 1.807) is 6.20 Å². The van der Waals surface area contributed by atoms with E-state index < -0.39 is 0 Å². The SMILES string of the molecule is CC(C)=CCCC(C)=CCCC(C)=CCc1ccc2nncc3ccccc3c-2c1=O. The standard InChI is InChI=1S/C28H32N2O/c1-20(2)9-7-10-21(3)11-8-12-22(4)15-16-23-17-18-26-27(28(23)31)25-14-6-5-13-24(25)19-29-30-26/h5-6,9,11,13-15,17-19H,7-8,10,12,16H2,1-4H3. The van der Waals surface area contributed by atoms with Crippen molar-refractivity contribution in [1.82, 2.24) is 10.2 Å².